The molecule has 0 saturated carbocycles. The highest BCUT2D eigenvalue weighted by atomic mass is 32.1. The molecule has 2 nitrogen and oxygen atoms in total. The lowest BCUT2D eigenvalue weighted by molar-refractivity contribution is 0.395. The molecule has 18 heavy (non-hydrogen) atoms. The van der Waals surface area contributed by atoms with Crippen molar-refractivity contribution in [3.63, 3.8) is 0 Å². The molecule has 0 radical (unpaired) electrons. The molecule has 0 heterocycles. The Balaban J connectivity index is 2.57. The molecule has 0 unspecified atom stereocenters. The monoisotopic (exact) mass is 260 g/mol. The van der Waals surface area contributed by atoms with E-state index < -0.39 is 0 Å². The Bertz CT molecular complexity index is 547. The van der Waals surface area contributed by atoms with Crippen LogP contribution in [-0.2, 0) is 0 Å². The van der Waals surface area contributed by atoms with Gasteiger partial charge in [0.25, 0.3) is 0 Å². The average molecular weight is 260 g/mol. The third-order valence-corrected chi connectivity index (χ3v) is 3.21. The molecule has 0 N–H and O–H groups in total. The number of benzene rings is 2. The Morgan fingerprint density at radius 2 is 1.50 bits per heavy atom. The van der Waals surface area contributed by atoms with Gasteiger partial charge in [0.2, 0.25) is 0 Å². The van der Waals surface area contributed by atoms with Crippen molar-refractivity contribution in [2.24, 2.45) is 0 Å². The van der Waals surface area contributed by atoms with Crippen LogP contribution in [0, 0.1) is 6.92 Å². The van der Waals surface area contributed by atoms with E-state index >= 15 is 0 Å². The normalized spacial score (nSPS) is 10.2. The van der Waals surface area contributed by atoms with Gasteiger partial charge in [0.1, 0.15) is 11.5 Å². The summed E-state index contributed by atoms with van der Waals surface area (Å²) in [5.41, 5.74) is 3.34. The molecular formula is C15H16O2S. The summed E-state index contributed by atoms with van der Waals surface area (Å²) in [4.78, 5) is 0.769. The van der Waals surface area contributed by atoms with E-state index in [1.54, 1.807) is 14.2 Å². The van der Waals surface area contributed by atoms with Crippen molar-refractivity contribution < 1.29 is 9.47 Å². The Hall–Kier alpha value is -1.61. The molecule has 2 aromatic carbocycles. The summed E-state index contributed by atoms with van der Waals surface area (Å²) in [7, 11) is 3.30. The molecule has 0 atom stereocenters. The van der Waals surface area contributed by atoms with Crippen LogP contribution in [-0.4, -0.2) is 14.2 Å². The van der Waals surface area contributed by atoms with Gasteiger partial charge < -0.3 is 9.47 Å². The minimum absolute atomic E-state index is 0.745. The predicted octanol–water partition coefficient (Wildman–Crippen LogP) is 3.97. The summed E-state index contributed by atoms with van der Waals surface area (Å²) < 4.78 is 10.7. The first-order chi connectivity index (χ1) is 8.65. The summed E-state index contributed by atoms with van der Waals surface area (Å²) in [5, 5.41) is 0. The van der Waals surface area contributed by atoms with Gasteiger partial charge in [-0.15, -0.1) is 12.6 Å². The number of thiol groups is 1. The standard InChI is InChI=1S/C15H16O2S/c1-10-4-6-11(7-5-10)12-8-14(17-3)15(18)9-13(12)16-2/h4-9,18H,1-3H3. The van der Waals surface area contributed by atoms with E-state index in [-0.39, 0.29) is 0 Å². The zero-order valence-corrected chi connectivity index (χ0v) is 11.6. The molecule has 0 aromatic heterocycles. The second-order valence-electron chi connectivity index (χ2n) is 4.09. The summed E-state index contributed by atoms with van der Waals surface area (Å²) >= 11 is 4.37. The van der Waals surface area contributed by atoms with Crippen molar-refractivity contribution in [3.05, 3.63) is 42.0 Å². The van der Waals surface area contributed by atoms with E-state index in [0.717, 1.165) is 27.5 Å². The van der Waals surface area contributed by atoms with Crippen molar-refractivity contribution in [2.45, 2.75) is 11.8 Å². The van der Waals surface area contributed by atoms with Gasteiger partial charge in [-0.3, -0.25) is 0 Å². The molecule has 2 aromatic rings. The number of hydrogen-bond acceptors (Lipinski definition) is 3. The molecule has 94 valence electrons. The number of hydrogen-bond donors (Lipinski definition) is 1. The number of methoxy groups -OCH3 is 2. The largest absolute Gasteiger partial charge is 0.496 e. The van der Waals surface area contributed by atoms with Crippen LogP contribution in [0.25, 0.3) is 11.1 Å². The fourth-order valence-electron chi connectivity index (χ4n) is 1.84. The van der Waals surface area contributed by atoms with Crippen LogP contribution in [0.15, 0.2) is 41.3 Å². The van der Waals surface area contributed by atoms with Crippen LogP contribution in [0.4, 0.5) is 0 Å². The van der Waals surface area contributed by atoms with E-state index in [1.165, 1.54) is 5.56 Å². The fraction of sp³-hybridized carbons (Fsp3) is 0.200. The second-order valence-corrected chi connectivity index (χ2v) is 4.57. The van der Waals surface area contributed by atoms with Gasteiger partial charge >= 0.3 is 0 Å². The van der Waals surface area contributed by atoms with E-state index in [0.29, 0.717) is 0 Å². The third kappa shape index (κ3) is 2.46. The highest BCUT2D eigenvalue weighted by Crippen LogP contribution is 2.37. The zero-order valence-electron chi connectivity index (χ0n) is 10.7. The molecular weight excluding hydrogens is 244 g/mol. The molecule has 0 aliphatic carbocycles. The van der Waals surface area contributed by atoms with Gasteiger partial charge in [-0.1, -0.05) is 29.8 Å². The minimum atomic E-state index is 0.745. The molecule has 3 heteroatoms. The summed E-state index contributed by atoms with van der Waals surface area (Å²) in [5.74, 6) is 1.54. The van der Waals surface area contributed by atoms with Gasteiger partial charge in [-0.05, 0) is 24.6 Å². The maximum atomic E-state index is 5.41. The van der Waals surface area contributed by atoms with E-state index in [4.69, 9.17) is 9.47 Å². The van der Waals surface area contributed by atoms with Crippen LogP contribution in [0.1, 0.15) is 5.56 Å². The Morgan fingerprint density at radius 3 is 2.06 bits per heavy atom. The smallest absolute Gasteiger partial charge is 0.133 e. The Kier molecular flexibility index (Phi) is 3.82. The lowest BCUT2D eigenvalue weighted by atomic mass is 10.0. The summed E-state index contributed by atoms with van der Waals surface area (Å²) in [6.07, 6.45) is 0. The van der Waals surface area contributed by atoms with Crippen LogP contribution in [0.5, 0.6) is 11.5 Å². The van der Waals surface area contributed by atoms with E-state index in [9.17, 15) is 0 Å². The quantitative estimate of drug-likeness (QED) is 0.842. The first kappa shape index (κ1) is 12.8. The molecule has 0 amide bonds. The second kappa shape index (κ2) is 5.36. The van der Waals surface area contributed by atoms with Gasteiger partial charge in [0.15, 0.2) is 0 Å². The number of rotatable bonds is 3. The van der Waals surface area contributed by atoms with Gasteiger partial charge in [0, 0.05) is 10.5 Å². The molecule has 0 aliphatic heterocycles. The fourth-order valence-corrected chi connectivity index (χ4v) is 2.11. The van der Waals surface area contributed by atoms with Crippen LogP contribution >= 0.6 is 12.6 Å². The van der Waals surface area contributed by atoms with E-state index in [2.05, 4.69) is 43.8 Å². The van der Waals surface area contributed by atoms with Crippen LogP contribution in [0.2, 0.25) is 0 Å². The number of aryl methyl sites for hydroxylation is 1. The molecule has 0 saturated heterocycles. The van der Waals surface area contributed by atoms with Crippen molar-refractivity contribution in [1.82, 2.24) is 0 Å². The van der Waals surface area contributed by atoms with Gasteiger partial charge in [0.05, 0.1) is 14.2 Å². The topological polar surface area (TPSA) is 18.5 Å². The van der Waals surface area contributed by atoms with Gasteiger partial charge in [-0.2, -0.15) is 0 Å². The maximum Gasteiger partial charge on any atom is 0.133 e. The first-order valence-electron chi connectivity index (χ1n) is 5.67. The Labute approximate surface area is 113 Å². The SMILES string of the molecule is COc1cc(-c2ccc(C)cc2)c(OC)cc1S. The summed E-state index contributed by atoms with van der Waals surface area (Å²) in [6.45, 7) is 2.07. The van der Waals surface area contributed by atoms with Crippen molar-refractivity contribution in [3.8, 4) is 22.6 Å². The van der Waals surface area contributed by atoms with Crippen molar-refractivity contribution in [1.29, 1.82) is 0 Å². The molecule has 2 rings (SSSR count). The predicted molar refractivity (Wildman–Crippen MR) is 77.0 cm³/mol. The van der Waals surface area contributed by atoms with Crippen molar-refractivity contribution in [2.75, 3.05) is 14.2 Å². The Morgan fingerprint density at radius 1 is 0.889 bits per heavy atom. The lowest BCUT2D eigenvalue weighted by Gasteiger charge is -2.13. The first-order valence-corrected chi connectivity index (χ1v) is 6.12. The van der Waals surface area contributed by atoms with E-state index in [1.807, 2.05) is 12.1 Å². The highest BCUT2D eigenvalue weighted by Gasteiger charge is 2.10. The third-order valence-electron chi connectivity index (χ3n) is 2.86. The van der Waals surface area contributed by atoms with Crippen LogP contribution < -0.4 is 9.47 Å². The number of ether oxygens (including phenoxy) is 2. The average Bonchev–Trinajstić information content (AvgIpc) is 2.39. The summed E-state index contributed by atoms with van der Waals surface area (Å²) in [6, 6.07) is 12.1. The molecule has 0 fully saturated rings. The van der Waals surface area contributed by atoms with Gasteiger partial charge in [-0.25, -0.2) is 0 Å². The molecule has 0 spiro atoms. The molecule has 0 bridgehead atoms. The highest BCUT2D eigenvalue weighted by molar-refractivity contribution is 7.80. The maximum absolute atomic E-state index is 5.41. The molecule has 0 aliphatic rings. The minimum Gasteiger partial charge on any atom is -0.496 e. The zero-order chi connectivity index (χ0) is 13.1. The van der Waals surface area contributed by atoms with Crippen molar-refractivity contribution >= 4 is 12.6 Å². The van der Waals surface area contributed by atoms with Crippen LogP contribution in [0.3, 0.4) is 0 Å². The lowest BCUT2D eigenvalue weighted by Crippen LogP contribution is -1.92.